The number of para-hydroxylation sites is 1. The molecule has 0 spiro atoms. The highest BCUT2D eigenvalue weighted by molar-refractivity contribution is 8.00. The van der Waals surface area contributed by atoms with Gasteiger partial charge in [0.2, 0.25) is 5.91 Å². The van der Waals surface area contributed by atoms with E-state index in [-0.39, 0.29) is 18.0 Å². The van der Waals surface area contributed by atoms with Crippen LogP contribution < -0.4 is 5.32 Å². The van der Waals surface area contributed by atoms with Crippen LogP contribution in [-0.2, 0) is 19.1 Å². The van der Waals surface area contributed by atoms with Gasteiger partial charge in [-0.1, -0.05) is 18.2 Å². The van der Waals surface area contributed by atoms with E-state index in [9.17, 15) is 9.59 Å². The second kappa shape index (κ2) is 7.89. The van der Waals surface area contributed by atoms with E-state index in [4.69, 9.17) is 9.47 Å². The lowest BCUT2D eigenvalue weighted by Crippen LogP contribution is -2.17. The molecule has 1 amide bonds. The summed E-state index contributed by atoms with van der Waals surface area (Å²) in [6.45, 7) is 1.76. The highest BCUT2D eigenvalue weighted by atomic mass is 32.2. The van der Waals surface area contributed by atoms with Gasteiger partial charge in [-0.15, -0.1) is 11.8 Å². The predicted molar refractivity (Wildman–Crippen MR) is 86.6 cm³/mol. The molecule has 0 aromatic heterocycles. The van der Waals surface area contributed by atoms with Gasteiger partial charge in [0.25, 0.3) is 0 Å². The van der Waals surface area contributed by atoms with Gasteiger partial charge in [-0.3, -0.25) is 4.79 Å². The van der Waals surface area contributed by atoms with E-state index in [1.807, 2.05) is 30.3 Å². The van der Waals surface area contributed by atoms with E-state index >= 15 is 0 Å². The average molecular weight is 321 g/mol. The topological polar surface area (TPSA) is 64.6 Å². The molecule has 0 bridgehead atoms. The number of methoxy groups -OCH3 is 1. The van der Waals surface area contributed by atoms with Crippen LogP contribution in [0.2, 0.25) is 0 Å². The maximum absolute atomic E-state index is 11.8. The Balaban J connectivity index is 1.70. The van der Waals surface area contributed by atoms with E-state index in [1.165, 1.54) is 18.9 Å². The molecular formula is C16H19NO4S. The maximum atomic E-state index is 11.8. The molecule has 0 radical (unpaired) electrons. The lowest BCUT2D eigenvalue weighted by atomic mass is 10.1. The third kappa shape index (κ3) is 4.53. The Labute approximate surface area is 134 Å². The lowest BCUT2D eigenvalue weighted by molar-refractivity contribution is -0.136. The highest BCUT2D eigenvalue weighted by Gasteiger charge is 2.28. The molecule has 5 nitrogen and oxygen atoms in total. The van der Waals surface area contributed by atoms with Crippen LogP contribution in [0.3, 0.4) is 0 Å². The van der Waals surface area contributed by atoms with Crippen molar-refractivity contribution in [1.82, 2.24) is 0 Å². The Morgan fingerprint density at radius 2 is 2.09 bits per heavy atom. The smallest absolute Gasteiger partial charge is 0.337 e. The van der Waals surface area contributed by atoms with Crippen molar-refractivity contribution in [2.75, 3.05) is 23.9 Å². The van der Waals surface area contributed by atoms with Crippen LogP contribution in [0, 0.1) is 0 Å². The third-order valence-electron chi connectivity index (χ3n) is 3.23. The molecule has 2 rings (SSSR count). The van der Waals surface area contributed by atoms with Gasteiger partial charge < -0.3 is 14.8 Å². The number of allylic oxidation sites excluding steroid dienone is 1. The van der Waals surface area contributed by atoms with Gasteiger partial charge in [0.05, 0.1) is 18.4 Å². The Morgan fingerprint density at radius 3 is 2.77 bits per heavy atom. The van der Waals surface area contributed by atoms with Gasteiger partial charge in [-0.05, 0) is 19.1 Å². The second-order valence-electron chi connectivity index (χ2n) is 4.90. The molecule has 0 aliphatic carbocycles. The molecule has 0 saturated heterocycles. The fourth-order valence-corrected chi connectivity index (χ4v) is 3.00. The predicted octanol–water partition coefficient (Wildman–Crippen LogP) is 2.59. The van der Waals surface area contributed by atoms with Crippen LogP contribution in [0.25, 0.3) is 0 Å². The molecule has 1 aromatic carbocycles. The van der Waals surface area contributed by atoms with Gasteiger partial charge in [0, 0.05) is 17.9 Å². The van der Waals surface area contributed by atoms with Crippen LogP contribution in [-0.4, -0.2) is 36.6 Å². The quantitative estimate of drug-likeness (QED) is 0.816. The summed E-state index contributed by atoms with van der Waals surface area (Å²) in [4.78, 5) is 23.3. The molecule has 0 saturated carbocycles. The van der Waals surface area contributed by atoms with Gasteiger partial charge in [0.1, 0.15) is 11.9 Å². The normalized spacial score (nSPS) is 17.1. The largest absolute Gasteiger partial charge is 0.493 e. The molecule has 1 aliphatic rings. The van der Waals surface area contributed by atoms with Crippen molar-refractivity contribution < 1.29 is 19.1 Å². The first-order valence-electron chi connectivity index (χ1n) is 6.97. The Kier molecular flexibility index (Phi) is 5.89. The number of thioether (sulfide) groups is 1. The molecule has 1 aliphatic heterocycles. The van der Waals surface area contributed by atoms with Crippen LogP contribution in [0.1, 0.15) is 13.3 Å². The highest BCUT2D eigenvalue weighted by Crippen LogP contribution is 2.27. The zero-order valence-electron chi connectivity index (χ0n) is 12.6. The van der Waals surface area contributed by atoms with Crippen LogP contribution >= 0.6 is 11.8 Å². The number of rotatable bonds is 6. The summed E-state index contributed by atoms with van der Waals surface area (Å²) in [5.41, 5.74) is 1.37. The number of amides is 1. The van der Waals surface area contributed by atoms with Crippen molar-refractivity contribution in [2.24, 2.45) is 0 Å². The molecule has 1 atom stereocenters. The zero-order chi connectivity index (χ0) is 15.9. The summed E-state index contributed by atoms with van der Waals surface area (Å²) in [7, 11) is 1.36. The first-order valence-corrected chi connectivity index (χ1v) is 8.13. The summed E-state index contributed by atoms with van der Waals surface area (Å²) in [6, 6.07) is 9.34. The minimum absolute atomic E-state index is 0.0490. The van der Waals surface area contributed by atoms with Crippen molar-refractivity contribution in [2.45, 2.75) is 19.4 Å². The van der Waals surface area contributed by atoms with E-state index in [2.05, 4.69) is 5.32 Å². The Morgan fingerprint density at radius 1 is 1.36 bits per heavy atom. The van der Waals surface area contributed by atoms with E-state index < -0.39 is 0 Å². The average Bonchev–Trinajstić information content (AvgIpc) is 2.88. The number of benzene rings is 1. The zero-order valence-corrected chi connectivity index (χ0v) is 13.4. The van der Waals surface area contributed by atoms with Crippen molar-refractivity contribution in [3.63, 3.8) is 0 Å². The number of hydrogen-bond donors (Lipinski definition) is 1. The summed E-state index contributed by atoms with van der Waals surface area (Å²) in [6.07, 6.45) is 0.454. The molecule has 0 fully saturated rings. The van der Waals surface area contributed by atoms with E-state index in [0.29, 0.717) is 29.3 Å². The van der Waals surface area contributed by atoms with Crippen molar-refractivity contribution in [3.8, 4) is 0 Å². The number of hydrogen-bond acceptors (Lipinski definition) is 5. The molecule has 1 heterocycles. The van der Waals surface area contributed by atoms with Gasteiger partial charge in [-0.25, -0.2) is 4.79 Å². The van der Waals surface area contributed by atoms with Crippen molar-refractivity contribution in [3.05, 3.63) is 41.7 Å². The summed E-state index contributed by atoms with van der Waals surface area (Å²) < 4.78 is 10.3. The van der Waals surface area contributed by atoms with E-state index in [0.717, 1.165) is 5.69 Å². The van der Waals surface area contributed by atoms with Gasteiger partial charge in [0.15, 0.2) is 0 Å². The first kappa shape index (κ1) is 16.4. The minimum atomic E-state index is -0.341. The van der Waals surface area contributed by atoms with Crippen LogP contribution in [0.15, 0.2) is 41.7 Å². The minimum Gasteiger partial charge on any atom is -0.493 e. The molecular weight excluding hydrogens is 302 g/mol. The summed E-state index contributed by atoms with van der Waals surface area (Å²) >= 11 is 1.49. The SMILES string of the molecule is COC(=O)C1=C(C)O[C@H](CSCC(=O)Nc2ccccc2)C1. The molecule has 22 heavy (non-hydrogen) atoms. The number of ether oxygens (including phenoxy) is 2. The maximum Gasteiger partial charge on any atom is 0.337 e. The molecule has 0 unspecified atom stereocenters. The van der Waals surface area contributed by atoms with Crippen molar-refractivity contribution >= 4 is 29.3 Å². The summed E-state index contributed by atoms with van der Waals surface area (Å²) in [5.74, 6) is 1.23. The van der Waals surface area contributed by atoms with Crippen LogP contribution in [0.5, 0.6) is 0 Å². The first-order chi connectivity index (χ1) is 10.6. The second-order valence-corrected chi connectivity index (χ2v) is 5.93. The molecule has 1 aromatic rings. The fourth-order valence-electron chi connectivity index (χ4n) is 2.18. The molecule has 118 valence electrons. The third-order valence-corrected chi connectivity index (χ3v) is 4.30. The number of esters is 1. The number of carbonyl (C=O) groups is 2. The molecule has 6 heteroatoms. The van der Waals surface area contributed by atoms with Gasteiger partial charge >= 0.3 is 5.97 Å². The number of carbonyl (C=O) groups excluding carboxylic acids is 2. The monoisotopic (exact) mass is 321 g/mol. The van der Waals surface area contributed by atoms with Crippen molar-refractivity contribution in [1.29, 1.82) is 0 Å². The standard InChI is InChI=1S/C16H19NO4S/c1-11-14(16(19)20-2)8-13(21-11)9-22-10-15(18)17-12-6-4-3-5-7-12/h3-7,13H,8-10H2,1-2H3,(H,17,18)/t13-/m0/s1. The fraction of sp³-hybridized carbons (Fsp3) is 0.375. The Bertz CT molecular complexity index is 571. The number of nitrogens with one attached hydrogen (secondary N) is 1. The Hall–Kier alpha value is -1.95. The number of anilines is 1. The lowest BCUT2D eigenvalue weighted by Gasteiger charge is -2.11. The van der Waals surface area contributed by atoms with Crippen LogP contribution in [0.4, 0.5) is 5.69 Å². The van der Waals surface area contributed by atoms with E-state index in [1.54, 1.807) is 6.92 Å². The summed E-state index contributed by atoms with van der Waals surface area (Å²) in [5, 5.41) is 2.83. The van der Waals surface area contributed by atoms with Gasteiger partial charge in [-0.2, -0.15) is 0 Å². The molecule has 1 N–H and O–H groups in total.